The van der Waals surface area contributed by atoms with Crippen LogP contribution in [0.2, 0.25) is 0 Å². The quantitative estimate of drug-likeness (QED) is 0.716. The minimum absolute atomic E-state index is 0.0953. The van der Waals surface area contributed by atoms with E-state index in [0.717, 1.165) is 0 Å². The molecule has 0 aromatic carbocycles. The zero-order valence-electron chi connectivity index (χ0n) is 10.1. The van der Waals surface area contributed by atoms with Gasteiger partial charge in [-0.25, -0.2) is 0 Å². The van der Waals surface area contributed by atoms with Crippen molar-refractivity contribution >= 4 is 11.9 Å². The van der Waals surface area contributed by atoms with Gasteiger partial charge in [-0.1, -0.05) is 27.7 Å². The Morgan fingerprint density at radius 1 is 1.20 bits per heavy atom. The van der Waals surface area contributed by atoms with Crippen LogP contribution in [0.5, 0.6) is 0 Å². The van der Waals surface area contributed by atoms with Crippen molar-refractivity contribution in [1.82, 2.24) is 5.32 Å². The molecule has 0 atom stereocenters. The van der Waals surface area contributed by atoms with E-state index in [0.29, 0.717) is 12.8 Å². The minimum Gasteiger partial charge on any atom is -0.359 e. The van der Waals surface area contributed by atoms with E-state index >= 15 is 0 Å². The molecular weight excluding hydrogens is 197 g/mol. The number of rotatable bonds is 5. The Hall–Kier alpha value is -0.930. The third-order valence-corrected chi connectivity index (χ3v) is 2.37. The standard InChI is InChI=1S/C11H20FNO2/c1-10(2,6-8(14)13-5)7-11(3,4)9(12)15/h6-7H2,1-5H3,(H,13,14). The number of hydrogen-bond donors (Lipinski definition) is 1. The largest absolute Gasteiger partial charge is 0.359 e. The van der Waals surface area contributed by atoms with Crippen molar-refractivity contribution in [2.24, 2.45) is 10.8 Å². The highest BCUT2D eigenvalue weighted by atomic mass is 19.1. The van der Waals surface area contributed by atoms with E-state index in [9.17, 15) is 14.0 Å². The zero-order chi connectivity index (χ0) is 12.3. The first-order valence-corrected chi connectivity index (χ1v) is 5.01. The smallest absolute Gasteiger partial charge is 0.307 e. The van der Waals surface area contributed by atoms with Gasteiger partial charge in [0.25, 0.3) is 0 Å². The van der Waals surface area contributed by atoms with E-state index in [2.05, 4.69) is 5.32 Å². The van der Waals surface area contributed by atoms with Gasteiger partial charge in [0.15, 0.2) is 0 Å². The van der Waals surface area contributed by atoms with Gasteiger partial charge in [0.1, 0.15) is 0 Å². The maximum absolute atomic E-state index is 12.7. The summed E-state index contributed by atoms with van der Waals surface area (Å²) in [7, 11) is 1.56. The summed E-state index contributed by atoms with van der Waals surface area (Å²) in [6.45, 7) is 6.82. The minimum atomic E-state index is -1.33. The summed E-state index contributed by atoms with van der Waals surface area (Å²) in [6.07, 6.45) is 0.642. The highest BCUT2D eigenvalue weighted by Gasteiger charge is 2.35. The van der Waals surface area contributed by atoms with E-state index in [1.54, 1.807) is 20.9 Å². The van der Waals surface area contributed by atoms with Gasteiger partial charge in [0, 0.05) is 13.5 Å². The van der Waals surface area contributed by atoms with Crippen LogP contribution in [0.4, 0.5) is 4.39 Å². The number of hydrogen-bond acceptors (Lipinski definition) is 2. The molecule has 0 aromatic heterocycles. The zero-order valence-corrected chi connectivity index (χ0v) is 10.1. The van der Waals surface area contributed by atoms with Crippen LogP contribution in [0.1, 0.15) is 40.5 Å². The molecule has 0 aliphatic rings. The second-order valence-electron chi connectivity index (χ2n) is 5.35. The average molecular weight is 217 g/mol. The van der Waals surface area contributed by atoms with Gasteiger partial charge in [0.2, 0.25) is 5.91 Å². The van der Waals surface area contributed by atoms with Gasteiger partial charge < -0.3 is 5.32 Å². The first-order valence-electron chi connectivity index (χ1n) is 5.01. The monoisotopic (exact) mass is 217 g/mol. The lowest BCUT2D eigenvalue weighted by molar-refractivity contribution is -0.140. The summed E-state index contributed by atoms with van der Waals surface area (Å²) in [5.41, 5.74) is -1.40. The fourth-order valence-electron chi connectivity index (χ4n) is 1.85. The SMILES string of the molecule is CNC(=O)CC(C)(C)CC(C)(C)C(=O)F. The van der Waals surface area contributed by atoms with Crippen LogP contribution in [0.15, 0.2) is 0 Å². The maximum atomic E-state index is 12.7. The molecule has 15 heavy (non-hydrogen) atoms. The van der Waals surface area contributed by atoms with Crippen LogP contribution in [-0.2, 0) is 9.59 Å². The first-order chi connectivity index (χ1) is 6.60. The summed E-state index contributed by atoms with van der Waals surface area (Å²) in [5.74, 6) is -0.0953. The molecule has 3 nitrogen and oxygen atoms in total. The molecule has 0 spiro atoms. The topological polar surface area (TPSA) is 46.2 Å². The fourth-order valence-corrected chi connectivity index (χ4v) is 1.85. The Balaban J connectivity index is 4.50. The number of carbonyl (C=O) groups is 2. The third kappa shape index (κ3) is 4.91. The summed E-state index contributed by atoms with van der Waals surface area (Å²) >= 11 is 0. The van der Waals surface area contributed by atoms with Crippen LogP contribution in [0.3, 0.4) is 0 Å². The number of carbonyl (C=O) groups excluding carboxylic acids is 2. The molecule has 0 aliphatic carbocycles. The van der Waals surface area contributed by atoms with Crippen molar-refractivity contribution < 1.29 is 14.0 Å². The van der Waals surface area contributed by atoms with Crippen LogP contribution < -0.4 is 5.32 Å². The van der Waals surface area contributed by atoms with Crippen molar-refractivity contribution in [3.8, 4) is 0 Å². The predicted molar refractivity (Wildman–Crippen MR) is 57.0 cm³/mol. The number of nitrogens with one attached hydrogen (secondary N) is 1. The molecule has 0 fully saturated rings. The van der Waals surface area contributed by atoms with Crippen molar-refractivity contribution in [3.63, 3.8) is 0 Å². The lowest BCUT2D eigenvalue weighted by Crippen LogP contribution is -2.32. The molecule has 0 heterocycles. The van der Waals surface area contributed by atoms with Crippen molar-refractivity contribution in [3.05, 3.63) is 0 Å². The van der Waals surface area contributed by atoms with Crippen molar-refractivity contribution in [2.75, 3.05) is 7.05 Å². The molecule has 0 aromatic rings. The van der Waals surface area contributed by atoms with Crippen molar-refractivity contribution in [2.45, 2.75) is 40.5 Å². The van der Waals surface area contributed by atoms with Crippen LogP contribution >= 0.6 is 0 Å². The van der Waals surface area contributed by atoms with Crippen molar-refractivity contribution in [1.29, 1.82) is 0 Å². The molecular formula is C11H20FNO2. The summed E-state index contributed by atoms with van der Waals surface area (Å²) < 4.78 is 12.7. The second-order valence-corrected chi connectivity index (χ2v) is 5.35. The molecule has 88 valence electrons. The Morgan fingerprint density at radius 3 is 2.00 bits per heavy atom. The molecule has 0 bridgehead atoms. The highest BCUT2D eigenvalue weighted by molar-refractivity contribution is 5.77. The number of halogens is 1. The average Bonchev–Trinajstić information content (AvgIpc) is 2.00. The molecule has 0 radical (unpaired) electrons. The second kappa shape index (κ2) is 4.73. The van der Waals surface area contributed by atoms with Gasteiger partial charge >= 0.3 is 6.04 Å². The summed E-state index contributed by atoms with van der Waals surface area (Å²) in [6, 6.07) is -1.33. The van der Waals surface area contributed by atoms with Crippen LogP contribution in [0.25, 0.3) is 0 Å². The molecule has 0 rings (SSSR count). The van der Waals surface area contributed by atoms with Gasteiger partial charge in [-0.2, -0.15) is 4.39 Å². The third-order valence-electron chi connectivity index (χ3n) is 2.37. The Labute approximate surface area is 90.4 Å². The van der Waals surface area contributed by atoms with E-state index in [1.807, 2.05) is 13.8 Å². The van der Waals surface area contributed by atoms with E-state index in [4.69, 9.17) is 0 Å². The summed E-state index contributed by atoms with van der Waals surface area (Å²) in [4.78, 5) is 21.9. The maximum Gasteiger partial charge on any atom is 0.307 e. The van der Waals surface area contributed by atoms with E-state index in [-0.39, 0.29) is 11.3 Å². The Bertz CT molecular complexity index is 259. The molecule has 0 unspecified atom stereocenters. The highest BCUT2D eigenvalue weighted by Crippen LogP contribution is 2.36. The molecule has 1 amide bonds. The van der Waals surface area contributed by atoms with Crippen LogP contribution in [-0.4, -0.2) is 19.0 Å². The van der Waals surface area contributed by atoms with Crippen LogP contribution in [0, 0.1) is 10.8 Å². The van der Waals surface area contributed by atoms with E-state index < -0.39 is 11.5 Å². The van der Waals surface area contributed by atoms with Gasteiger partial charge in [-0.05, 0) is 11.8 Å². The molecule has 4 heteroatoms. The molecule has 0 aliphatic heterocycles. The molecule has 0 saturated heterocycles. The molecule has 1 N–H and O–H groups in total. The van der Waals surface area contributed by atoms with Gasteiger partial charge in [0.05, 0.1) is 5.41 Å². The predicted octanol–water partition coefficient (Wildman–Crippen LogP) is 2.06. The summed E-state index contributed by atoms with van der Waals surface area (Å²) in [5, 5.41) is 2.52. The number of amides is 1. The van der Waals surface area contributed by atoms with E-state index in [1.165, 1.54) is 0 Å². The Morgan fingerprint density at radius 2 is 1.67 bits per heavy atom. The van der Waals surface area contributed by atoms with Gasteiger partial charge in [-0.15, -0.1) is 0 Å². The lowest BCUT2D eigenvalue weighted by Gasteiger charge is -2.31. The lowest BCUT2D eigenvalue weighted by atomic mass is 9.73. The molecule has 0 saturated carbocycles. The Kier molecular flexibility index (Phi) is 4.43. The first kappa shape index (κ1) is 14.1. The van der Waals surface area contributed by atoms with Gasteiger partial charge in [-0.3, -0.25) is 9.59 Å². The normalized spacial score (nSPS) is 12.4. The fraction of sp³-hybridized carbons (Fsp3) is 0.818.